The zero-order valence-corrected chi connectivity index (χ0v) is 19.4. The van der Waals surface area contributed by atoms with Gasteiger partial charge in [0.2, 0.25) is 5.91 Å². The number of aliphatic hydroxyl groups is 1. The van der Waals surface area contributed by atoms with Crippen molar-refractivity contribution in [1.82, 2.24) is 15.2 Å². The number of β-amino-alcohol motifs (C(OH)–C–C–N with tert-alkyl or cyclic N) is 1. The second-order valence-electron chi connectivity index (χ2n) is 9.45. The molecule has 3 rings (SSSR count). The summed E-state index contributed by atoms with van der Waals surface area (Å²) in [7, 11) is 0. The minimum atomic E-state index is -0.495. The number of thiazole rings is 1. The summed E-state index contributed by atoms with van der Waals surface area (Å²) in [5, 5.41) is 13.3. The van der Waals surface area contributed by atoms with Crippen LogP contribution in [0.4, 0.5) is 0 Å². The topological polar surface area (TPSA) is 91.5 Å². The van der Waals surface area contributed by atoms with Crippen molar-refractivity contribution >= 4 is 17.2 Å². The summed E-state index contributed by atoms with van der Waals surface area (Å²) in [6, 6.07) is 7.71. The minimum Gasteiger partial charge on any atom is -0.392 e. The third-order valence-electron chi connectivity index (χ3n) is 6.00. The van der Waals surface area contributed by atoms with E-state index < -0.39 is 6.10 Å². The molecule has 1 fully saturated rings. The number of likely N-dealkylation sites (tertiary alicyclic amines) is 1. The monoisotopic (exact) mass is 430 g/mol. The summed E-state index contributed by atoms with van der Waals surface area (Å²) in [5.41, 5.74) is 11.4. The van der Waals surface area contributed by atoms with Gasteiger partial charge in [-0.2, -0.15) is 0 Å². The van der Waals surface area contributed by atoms with Crippen molar-refractivity contribution in [3.05, 3.63) is 41.0 Å². The quantitative estimate of drug-likeness (QED) is 0.655. The highest BCUT2D eigenvalue weighted by Gasteiger charge is 2.38. The lowest BCUT2D eigenvalue weighted by Gasteiger charge is -2.33. The second-order valence-corrected chi connectivity index (χ2v) is 10.3. The van der Waals surface area contributed by atoms with E-state index in [0.29, 0.717) is 19.5 Å². The van der Waals surface area contributed by atoms with E-state index in [1.165, 1.54) is 4.88 Å². The number of nitrogens with two attached hydrogens (primary N) is 1. The normalized spacial score (nSPS) is 22.1. The van der Waals surface area contributed by atoms with Gasteiger partial charge in [0.25, 0.3) is 0 Å². The van der Waals surface area contributed by atoms with Gasteiger partial charge < -0.3 is 16.2 Å². The summed E-state index contributed by atoms with van der Waals surface area (Å²) >= 11 is 1.63. The third-order valence-corrected chi connectivity index (χ3v) is 6.98. The van der Waals surface area contributed by atoms with Crippen LogP contribution in [0.2, 0.25) is 0 Å². The van der Waals surface area contributed by atoms with E-state index in [9.17, 15) is 9.90 Å². The fraction of sp³-hybridized carbons (Fsp3) is 0.565. The maximum atomic E-state index is 13.0. The maximum absolute atomic E-state index is 13.0. The number of aryl methyl sites for hydroxylation is 1. The minimum absolute atomic E-state index is 0.0532. The fourth-order valence-electron chi connectivity index (χ4n) is 3.78. The molecule has 4 atom stereocenters. The molecule has 0 bridgehead atoms. The lowest BCUT2D eigenvalue weighted by Crippen LogP contribution is -2.51. The van der Waals surface area contributed by atoms with E-state index in [2.05, 4.69) is 55.3 Å². The first-order valence-electron chi connectivity index (χ1n) is 10.5. The number of aromatic nitrogens is 1. The molecule has 0 radical (unpaired) electrons. The molecule has 1 saturated heterocycles. The lowest BCUT2D eigenvalue weighted by atomic mass is 9.87. The number of hydrogen-bond donors (Lipinski definition) is 3. The van der Waals surface area contributed by atoms with E-state index in [-0.39, 0.29) is 29.4 Å². The molecule has 164 valence electrons. The SMILES string of the molecule is Cc1ncsc1-c1ccc([C@H](C)NC(=O)[C@@H]2C[C@@H](O)CN2C[C@@H](N)C(C)(C)C)cc1. The summed E-state index contributed by atoms with van der Waals surface area (Å²) in [6.45, 7) is 11.4. The standard InChI is InChI=1S/C23H34N4O2S/c1-14(16-6-8-17(9-7-16)21-15(2)25-13-30-21)26-22(29)19-10-18(28)11-27(19)12-20(24)23(3,4)5/h6-9,13-14,18-20,28H,10-12,24H2,1-5H3,(H,26,29)/t14-,18+,19-,20+/m0/s1. The maximum Gasteiger partial charge on any atom is 0.237 e. The molecular formula is C23H34N4O2S. The molecule has 0 aliphatic carbocycles. The molecule has 1 aliphatic heterocycles. The predicted octanol–water partition coefficient (Wildman–Crippen LogP) is 3.10. The number of hydrogen-bond acceptors (Lipinski definition) is 6. The van der Waals surface area contributed by atoms with Gasteiger partial charge in [0.15, 0.2) is 0 Å². The van der Waals surface area contributed by atoms with Crippen LogP contribution in [0, 0.1) is 12.3 Å². The molecule has 0 unspecified atom stereocenters. The van der Waals surface area contributed by atoms with Crippen LogP contribution in [0.3, 0.4) is 0 Å². The number of rotatable bonds is 6. The lowest BCUT2D eigenvalue weighted by molar-refractivity contribution is -0.126. The molecule has 2 heterocycles. The third kappa shape index (κ3) is 5.27. The second kappa shape index (κ2) is 9.14. The van der Waals surface area contributed by atoms with Gasteiger partial charge in [-0.15, -0.1) is 11.3 Å². The molecule has 1 aromatic carbocycles. The highest BCUT2D eigenvalue weighted by molar-refractivity contribution is 7.13. The summed E-state index contributed by atoms with van der Waals surface area (Å²) in [6.07, 6.45) is -0.0518. The Kier molecular flexibility index (Phi) is 6.97. The van der Waals surface area contributed by atoms with Crippen molar-refractivity contribution in [2.45, 2.75) is 65.3 Å². The highest BCUT2D eigenvalue weighted by atomic mass is 32.1. The zero-order valence-electron chi connectivity index (χ0n) is 18.6. The first-order chi connectivity index (χ1) is 14.1. The average Bonchev–Trinajstić information content (AvgIpc) is 3.26. The number of aliphatic hydroxyl groups excluding tert-OH is 1. The fourth-order valence-corrected chi connectivity index (χ4v) is 4.59. The van der Waals surface area contributed by atoms with Crippen LogP contribution in [-0.4, -0.2) is 52.2 Å². The molecule has 6 nitrogen and oxygen atoms in total. The largest absolute Gasteiger partial charge is 0.392 e. The van der Waals surface area contributed by atoms with E-state index in [0.717, 1.165) is 16.8 Å². The molecule has 0 saturated carbocycles. The van der Waals surface area contributed by atoms with Crippen LogP contribution in [0.1, 0.15) is 51.4 Å². The molecule has 2 aromatic rings. The van der Waals surface area contributed by atoms with E-state index >= 15 is 0 Å². The Labute approximate surface area is 183 Å². The Balaban J connectivity index is 1.64. The Morgan fingerprint density at radius 3 is 2.60 bits per heavy atom. The Bertz CT molecular complexity index is 859. The number of benzene rings is 1. The van der Waals surface area contributed by atoms with Crippen molar-refractivity contribution in [3.8, 4) is 10.4 Å². The van der Waals surface area contributed by atoms with Crippen molar-refractivity contribution < 1.29 is 9.90 Å². The number of carbonyl (C=O) groups excluding carboxylic acids is 1. The van der Waals surface area contributed by atoms with Crippen LogP contribution in [0.15, 0.2) is 29.8 Å². The van der Waals surface area contributed by atoms with E-state index in [1.54, 1.807) is 11.3 Å². The Morgan fingerprint density at radius 1 is 1.37 bits per heavy atom. The first kappa shape index (κ1) is 22.9. The summed E-state index contributed by atoms with van der Waals surface area (Å²) < 4.78 is 0. The van der Waals surface area contributed by atoms with Gasteiger partial charge in [0, 0.05) is 19.1 Å². The van der Waals surface area contributed by atoms with Gasteiger partial charge in [-0.25, -0.2) is 4.98 Å². The molecule has 30 heavy (non-hydrogen) atoms. The van der Waals surface area contributed by atoms with E-state index in [1.807, 2.05) is 24.3 Å². The predicted molar refractivity (Wildman–Crippen MR) is 122 cm³/mol. The van der Waals surface area contributed by atoms with E-state index in [4.69, 9.17) is 5.73 Å². The number of nitrogens with zero attached hydrogens (tertiary/aromatic N) is 2. The van der Waals surface area contributed by atoms with Crippen LogP contribution in [0.5, 0.6) is 0 Å². The van der Waals surface area contributed by atoms with Crippen molar-refractivity contribution in [1.29, 1.82) is 0 Å². The Hall–Kier alpha value is -1.80. The van der Waals surface area contributed by atoms with Crippen molar-refractivity contribution in [2.24, 2.45) is 11.1 Å². The molecule has 4 N–H and O–H groups in total. The van der Waals surface area contributed by atoms with Crippen LogP contribution >= 0.6 is 11.3 Å². The molecule has 1 aliphatic rings. The molecule has 0 spiro atoms. The summed E-state index contributed by atoms with van der Waals surface area (Å²) in [5.74, 6) is -0.0532. The number of amides is 1. The molecular weight excluding hydrogens is 396 g/mol. The van der Waals surface area contributed by atoms with Crippen LogP contribution in [0.25, 0.3) is 10.4 Å². The Morgan fingerprint density at radius 2 is 2.03 bits per heavy atom. The first-order valence-corrected chi connectivity index (χ1v) is 11.4. The summed E-state index contributed by atoms with van der Waals surface area (Å²) in [4.78, 5) is 20.5. The zero-order chi connectivity index (χ0) is 22.1. The molecule has 1 aromatic heterocycles. The number of nitrogens with one attached hydrogen (secondary N) is 1. The smallest absolute Gasteiger partial charge is 0.237 e. The van der Waals surface area contributed by atoms with Gasteiger partial charge >= 0.3 is 0 Å². The molecule has 7 heteroatoms. The number of carbonyl (C=O) groups is 1. The average molecular weight is 431 g/mol. The van der Waals surface area contributed by atoms with Gasteiger partial charge in [0.05, 0.1) is 34.3 Å². The van der Waals surface area contributed by atoms with Gasteiger partial charge in [-0.1, -0.05) is 45.0 Å². The van der Waals surface area contributed by atoms with Crippen LogP contribution < -0.4 is 11.1 Å². The van der Waals surface area contributed by atoms with Crippen molar-refractivity contribution in [2.75, 3.05) is 13.1 Å². The highest BCUT2D eigenvalue weighted by Crippen LogP contribution is 2.29. The van der Waals surface area contributed by atoms with Crippen LogP contribution in [-0.2, 0) is 4.79 Å². The van der Waals surface area contributed by atoms with Gasteiger partial charge in [0.1, 0.15) is 0 Å². The molecule has 1 amide bonds. The van der Waals surface area contributed by atoms with Gasteiger partial charge in [-0.05, 0) is 36.8 Å². The van der Waals surface area contributed by atoms with Crippen molar-refractivity contribution in [3.63, 3.8) is 0 Å². The van der Waals surface area contributed by atoms with Gasteiger partial charge in [-0.3, -0.25) is 9.69 Å².